The fraction of sp³-hybridized carbons (Fsp3) is 0.722. The lowest BCUT2D eigenvalue weighted by atomic mass is 9.99. The molecule has 2 N–H and O–H groups in total. The first kappa shape index (κ1) is 23.1. The van der Waals surface area contributed by atoms with E-state index in [4.69, 9.17) is 33.1 Å². The minimum absolute atomic E-state index is 0.642. The van der Waals surface area contributed by atoms with E-state index < -0.39 is 5.69 Å². The predicted molar refractivity (Wildman–Crippen MR) is 111 cm³/mol. The quantitative estimate of drug-likeness (QED) is 0.379. The van der Waals surface area contributed by atoms with Crippen molar-refractivity contribution >= 4 is 29.7 Å². The van der Waals surface area contributed by atoms with Crippen molar-refractivity contribution in [2.45, 2.75) is 64.8 Å². The van der Waals surface area contributed by atoms with Gasteiger partial charge in [0, 0.05) is 24.4 Å². The molecule has 25 heavy (non-hydrogen) atoms. The number of piperidine rings is 1. The van der Waals surface area contributed by atoms with Crippen LogP contribution in [-0.4, -0.2) is 24.7 Å². The van der Waals surface area contributed by atoms with Gasteiger partial charge in [0.1, 0.15) is 6.04 Å². The number of unbranched alkanes of at least 4 members (excludes halogenated alkanes) is 2. The molecule has 1 aromatic rings. The van der Waals surface area contributed by atoms with Gasteiger partial charge in [-0.25, -0.2) is 0 Å². The molecule has 2 rings (SSSR count). The molecule has 0 bridgehead atoms. The molecule has 2 heterocycles. The SMILES string of the molecule is CCCCOP(=S)([S-])OCCCC.c1cncc(C2CCCC[NH2+]2)c1. The zero-order valence-corrected chi connectivity index (χ0v) is 18.1. The lowest BCUT2D eigenvalue weighted by Crippen LogP contribution is -2.86. The van der Waals surface area contributed by atoms with E-state index in [0.29, 0.717) is 19.3 Å². The standard InChI is InChI=1S/C10H14N2.C8H19O2PS2/c1-2-7-12-10(5-1)9-4-3-6-11-8-9;1-3-5-7-9-11(12,13)10-8-6-4-2/h3-4,6,8,10,12H,1-2,5,7H2;3-8H2,1-2H3,(H,12,13). The topological polar surface area (TPSA) is 48.0 Å². The molecule has 1 saturated heterocycles. The van der Waals surface area contributed by atoms with Gasteiger partial charge in [0.15, 0.2) is 0 Å². The number of hydrogen-bond acceptors (Lipinski definition) is 5. The Balaban J connectivity index is 0.000000250. The van der Waals surface area contributed by atoms with Gasteiger partial charge in [-0.15, -0.1) is 0 Å². The van der Waals surface area contributed by atoms with Crippen molar-refractivity contribution < 1.29 is 14.4 Å². The summed E-state index contributed by atoms with van der Waals surface area (Å²) >= 11 is 10.1. The fourth-order valence-electron chi connectivity index (χ4n) is 2.52. The van der Waals surface area contributed by atoms with Crippen LogP contribution in [-0.2, 0) is 33.1 Å². The van der Waals surface area contributed by atoms with Gasteiger partial charge in [-0.1, -0.05) is 44.6 Å². The zero-order chi connectivity index (χ0) is 18.4. The Morgan fingerprint density at radius 3 is 2.40 bits per heavy atom. The van der Waals surface area contributed by atoms with Gasteiger partial charge >= 0.3 is 0 Å². The monoisotopic (exact) mass is 404 g/mol. The number of hydrogen-bond donors (Lipinski definition) is 1. The molecule has 0 radical (unpaired) electrons. The van der Waals surface area contributed by atoms with Crippen molar-refractivity contribution in [3.05, 3.63) is 30.1 Å². The highest BCUT2D eigenvalue weighted by molar-refractivity contribution is 8.51. The van der Waals surface area contributed by atoms with Crippen LogP contribution in [0.2, 0.25) is 0 Å². The van der Waals surface area contributed by atoms with E-state index in [1.165, 1.54) is 31.4 Å². The van der Waals surface area contributed by atoms with Gasteiger partial charge in [-0.3, -0.25) is 4.98 Å². The highest BCUT2D eigenvalue weighted by Crippen LogP contribution is 2.46. The third-order valence-electron chi connectivity index (χ3n) is 4.03. The highest BCUT2D eigenvalue weighted by Gasteiger charge is 2.17. The van der Waals surface area contributed by atoms with Crippen molar-refractivity contribution in [3.8, 4) is 0 Å². The van der Waals surface area contributed by atoms with Crippen molar-refractivity contribution in [1.29, 1.82) is 0 Å². The molecule has 0 saturated carbocycles. The molecule has 0 spiro atoms. The third-order valence-corrected chi connectivity index (χ3v) is 6.29. The summed E-state index contributed by atoms with van der Waals surface area (Å²) in [4.78, 5) is 4.14. The minimum atomic E-state index is -2.34. The lowest BCUT2D eigenvalue weighted by Gasteiger charge is -2.28. The van der Waals surface area contributed by atoms with Crippen LogP contribution < -0.4 is 5.32 Å². The number of nitrogens with zero attached hydrogens (tertiary/aromatic N) is 1. The maximum Gasteiger partial charge on any atom is 0.113 e. The van der Waals surface area contributed by atoms with Gasteiger partial charge < -0.3 is 26.6 Å². The van der Waals surface area contributed by atoms with E-state index in [-0.39, 0.29) is 0 Å². The first-order valence-electron chi connectivity index (χ1n) is 9.42. The first-order valence-corrected chi connectivity index (χ1v) is 13.1. The van der Waals surface area contributed by atoms with E-state index in [1.54, 1.807) is 0 Å². The van der Waals surface area contributed by atoms with Gasteiger partial charge in [0.05, 0.1) is 25.5 Å². The lowest BCUT2D eigenvalue weighted by molar-refractivity contribution is -0.704. The number of pyridine rings is 1. The van der Waals surface area contributed by atoms with E-state index in [0.717, 1.165) is 25.7 Å². The van der Waals surface area contributed by atoms with E-state index in [2.05, 4.69) is 30.2 Å². The van der Waals surface area contributed by atoms with Crippen molar-refractivity contribution in [3.63, 3.8) is 0 Å². The zero-order valence-electron chi connectivity index (χ0n) is 15.6. The summed E-state index contributed by atoms with van der Waals surface area (Å²) in [5.74, 6) is 0. The van der Waals surface area contributed by atoms with Crippen molar-refractivity contribution in [2.24, 2.45) is 0 Å². The normalized spacial score (nSPS) is 17.6. The van der Waals surface area contributed by atoms with Crippen LogP contribution in [0.15, 0.2) is 24.5 Å². The number of aromatic nitrogens is 1. The summed E-state index contributed by atoms with van der Waals surface area (Å²) in [7, 11) is 0. The highest BCUT2D eigenvalue weighted by atomic mass is 32.9. The summed E-state index contributed by atoms with van der Waals surface area (Å²) in [6.45, 7) is 6.77. The van der Waals surface area contributed by atoms with Crippen LogP contribution in [0.25, 0.3) is 0 Å². The van der Waals surface area contributed by atoms with Gasteiger partial charge in [-0.05, 0) is 31.7 Å². The Morgan fingerprint density at radius 2 is 1.92 bits per heavy atom. The van der Waals surface area contributed by atoms with Crippen LogP contribution in [0.3, 0.4) is 0 Å². The molecule has 0 amide bonds. The summed E-state index contributed by atoms with van der Waals surface area (Å²) in [6, 6.07) is 4.88. The van der Waals surface area contributed by atoms with Crippen molar-refractivity contribution in [1.82, 2.24) is 4.98 Å². The molecule has 1 aliphatic heterocycles. The van der Waals surface area contributed by atoms with Gasteiger partial charge in [-0.2, -0.15) is 0 Å². The van der Waals surface area contributed by atoms with E-state index >= 15 is 0 Å². The Kier molecular flexibility index (Phi) is 13.0. The molecule has 1 aliphatic rings. The smallest absolute Gasteiger partial charge is 0.113 e. The Morgan fingerprint density at radius 1 is 1.24 bits per heavy atom. The average Bonchev–Trinajstić information content (AvgIpc) is 2.64. The maximum atomic E-state index is 5.33. The van der Waals surface area contributed by atoms with Crippen molar-refractivity contribution in [2.75, 3.05) is 19.8 Å². The summed E-state index contributed by atoms with van der Waals surface area (Å²) < 4.78 is 10.7. The Labute approximate surface area is 163 Å². The molecule has 4 nitrogen and oxygen atoms in total. The molecule has 1 fully saturated rings. The number of quaternary nitrogens is 1. The molecule has 1 unspecified atom stereocenters. The number of nitrogens with two attached hydrogens (primary N) is 1. The second-order valence-electron chi connectivity index (χ2n) is 6.23. The van der Waals surface area contributed by atoms with Gasteiger partial charge in [0.2, 0.25) is 0 Å². The molecule has 1 aromatic heterocycles. The van der Waals surface area contributed by atoms with Crippen LogP contribution in [0, 0.1) is 0 Å². The average molecular weight is 405 g/mol. The van der Waals surface area contributed by atoms with Gasteiger partial charge in [0.25, 0.3) is 0 Å². The van der Waals surface area contributed by atoms with E-state index in [1.807, 2.05) is 18.5 Å². The first-order chi connectivity index (χ1) is 12.1. The summed E-state index contributed by atoms with van der Waals surface area (Å²) in [5, 5.41) is 2.43. The minimum Gasteiger partial charge on any atom is -0.691 e. The van der Waals surface area contributed by atoms with Crippen LogP contribution in [0.5, 0.6) is 0 Å². The molecular formula is C18H33N2O2PS2. The molecule has 0 aliphatic carbocycles. The molecule has 0 aromatic carbocycles. The second kappa shape index (κ2) is 14.1. The van der Waals surface area contributed by atoms with Crippen LogP contribution in [0.4, 0.5) is 0 Å². The molecule has 7 heteroatoms. The Hall–Kier alpha value is 0.0300. The fourth-order valence-corrected chi connectivity index (χ4v) is 4.20. The number of rotatable bonds is 9. The van der Waals surface area contributed by atoms with E-state index in [9.17, 15) is 0 Å². The van der Waals surface area contributed by atoms with Crippen LogP contribution in [0.1, 0.15) is 70.4 Å². The van der Waals surface area contributed by atoms with Crippen LogP contribution >= 0.6 is 5.69 Å². The Bertz CT molecular complexity index is 471. The largest absolute Gasteiger partial charge is 0.691 e. The maximum absolute atomic E-state index is 5.33. The molecular weight excluding hydrogens is 371 g/mol. The second-order valence-corrected chi connectivity index (χ2v) is 11.2. The third kappa shape index (κ3) is 11.4. The molecule has 1 atom stereocenters. The summed E-state index contributed by atoms with van der Waals surface area (Å²) in [5.41, 5.74) is -0.949. The summed E-state index contributed by atoms with van der Waals surface area (Å²) in [6.07, 6.45) is 12.1. The predicted octanol–water partition coefficient (Wildman–Crippen LogP) is 4.26. The molecule has 144 valence electrons.